The van der Waals surface area contributed by atoms with Crippen molar-refractivity contribution >= 4 is 57.7 Å². The molecule has 2 atom stereocenters. The van der Waals surface area contributed by atoms with E-state index in [2.05, 4.69) is 22.0 Å². The lowest BCUT2D eigenvalue weighted by molar-refractivity contribution is -0.150. The molecule has 12 nitrogen and oxygen atoms in total. The molecule has 3 heterocycles. The average molecular weight is 482 g/mol. The van der Waals surface area contributed by atoms with E-state index < -0.39 is 41.8 Å². The molecule has 1 saturated heterocycles. The summed E-state index contributed by atoms with van der Waals surface area (Å²) in [4.78, 5) is 58.6. The molecule has 14 heteroatoms. The van der Waals surface area contributed by atoms with Crippen molar-refractivity contribution in [2.24, 2.45) is 5.16 Å². The number of esters is 1. The molecule has 32 heavy (non-hydrogen) atoms. The number of carbonyl (C=O) groups is 4. The number of carboxylic acids is 1. The number of thioether (sulfide) groups is 1. The Morgan fingerprint density at radius 1 is 1.50 bits per heavy atom. The number of nitrogens with two attached hydrogens (primary N) is 1. The van der Waals surface area contributed by atoms with E-state index in [4.69, 9.17) is 15.3 Å². The van der Waals surface area contributed by atoms with Gasteiger partial charge in [-0.05, 0) is 12.5 Å². The highest BCUT2D eigenvalue weighted by molar-refractivity contribution is 8.00. The quantitative estimate of drug-likeness (QED) is 0.187. The molecule has 0 spiro atoms. The van der Waals surface area contributed by atoms with E-state index in [1.54, 1.807) is 6.92 Å². The van der Waals surface area contributed by atoms with Crippen molar-refractivity contribution in [2.45, 2.75) is 18.3 Å². The molecular weight excluding hydrogens is 462 g/mol. The van der Waals surface area contributed by atoms with Crippen LogP contribution in [-0.2, 0) is 28.8 Å². The topological polar surface area (TPSA) is 174 Å². The molecule has 2 aliphatic heterocycles. The zero-order valence-electron chi connectivity index (χ0n) is 16.8. The number of nitrogens with zero attached hydrogens (tertiary/aromatic N) is 3. The molecule has 0 aromatic carbocycles. The zero-order valence-corrected chi connectivity index (χ0v) is 18.4. The smallest absolute Gasteiger partial charge is 0.352 e. The van der Waals surface area contributed by atoms with Gasteiger partial charge in [0.05, 0.1) is 6.61 Å². The first-order chi connectivity index (χ1) is 15.3. The number of hydrogen-bond acceptors (Lipinski definition) is 11. The summed E-state index contributed by atoms with van der Waals surface area (Å²) in [6, 6.07) is -0.987. The summed E-state index contributed by atoms with van der Waals surface area (Å²) in [7, 11) is 0. The monoisotopic (exact) mass is 481 g/mol. The second kappa shape index (κ2) is 9.82. The van der Waals surface area contributed by atoms with Gasteiger partial charge in [0.25, 0.3) is 11.8 Å². The number of nitrogens with one attached hydrogen (secondary N) is 1. The Morgan fingerprint density at radius 2 is 2.25 bits per heavy atom. The van der Waals surface area contributed by atoms with Gasteiger partial charge in [-0.3, -0.25) is 14.5 Å². The van der Waals surface area contributed by atoms with Crippen LogP contribution < -0.4 is 11.1 Å². The van der Waals surface area contributed by atoms with Crippen LogP contribution in [-0.4, -0.2) is 74.8 Å². The number of amides is 2. The Labute approximate surface area is 190 Å². The van der Waals surface area contributed by atoms with Crippen LogP contribution in [0.1, 0.15) is 12.6 Å². The fraction of sp³-hybridized carbons (Fsp3) is 0.333. The van der Waals surface area contributed by atoms with E-state index in [1.165, 1.54) is 23.2 Å². The summed E-state index contributed by atoms with van der Waals surface area (Å²) >= 11 is 2.35. The van der Waals surface area contributed by atoms with E-state index in [-0.39, 0.29) is 28.8 Å². The number of nitrogen functional groups attached to an aromatic ring is 1. The number of rotatable bonds is 9. The normalized spacial score (nSPS) is 20.2. The summed E-state index contributed by atoms with van der Waals surface area (Å²) in [6.07, 6.45) is 1.39. The van der Waals surface area contributed by atoms with Crippen LogP contribution in [0.3, 0.4) is 0 Å². The minimum Gasteiger partial charge on any atom is -0.477 e. The fourth-order valence-electron chi connectivity index (χ4n) is 2.96. The van der Waals surface area contributed by atoms with Crippen molar-refractivity contribution < 1.29 is 33.9 Å². The second-order valence-electron chi connectivity index (χ2n) is 6.33. The summed E-state index contributed by atoms with van der Waals surface area (Å²) in [5, 5.41) is 16.7. The van der Waals surface area contributed by atoms with E-state index in [9.17, 15) is 24.3 Å². The number of carboxylic acid groups (broad SMARTS) is 1. The summed E-state index contributed by atoms with van der Waals surface area (Å²) in [5.41, 5.74) is 5.69. The number of thiazole rings is 1. The van der Waals surface area contributed by atoms with Crippen LogP contribution in [0.4, 0.5) is 5.13 Å². The predicted octanol–water partition coefficient (Wildman–Crippen LogP) is -0.0663. The molecule has 170 valence electrons. The number of fused-ring (bicyclic) bond motifs is 1. The maximum absolute atomic E-state index is 12.9. The van der Waals surface area contributed by atoms with Crippen LogP contribution >= 0.6 is 23.1 Å². The first-order valence-electron chi connectivity index (χ1n) is 9.19. The highest BCUT2D eigenvalue weighted by Gasteiger charge is 2.54. The van der Waals surface area contributed by atoms with Gasteiger partial charge in [0.1, 0.15) is 22.8 Å². The number of allylic oxidation sites excluding steroid dienone is 1. The van der Waals surface area contributed by atoms with Crippen molar-refractivity contribution in [3.8, 4) is 0 Å². The number of oxime groups is 1. The molecule has 0 saturated carbocycles. The highest BCUT2D eigenvalue weighted by atomic mass is 32.2. The third kappa shape index (κ3) is 4.60. The Morgan fingerprint density at radius 3 is 2.84 bits per heavy atom. The summed E-state index contributed by atoms with van der Waals surface area (Å²) in [6.45, 7) is 4.83. The van der Waals surface area contributed by atoms with Crippen molar-refractivity contribution in [1.82, 2.24) is 15.2 Å². The molecule has 1 unspecified atom stereocenters. The van der Waals surface area contributed by atoms with Crippen molar-refractivity contribution in [3.63, 3.8) is 0 Å². The molecule has 3 rings (SSSR count). The second-order valence-corrected chi connectivity index (χ2v) is 8.33. The molecule has 2 amide bonds. The number of ether oxygens (including phenoxy) is 1. The summed E-state index contributed by atoms with van der Waals surface area (Å²) < 4.78 is 4.73. The maximum atomic E-state index is 12.9. The number of anilines is 1. The van der Waals surface area contributed by atoms with Gasteiger partial charge in [-0.15, -0.1) is 23.1 Å². The Bertz CT molecular complexity index is 1030. The Hall–Kier alpha value is -3.39. The van der Waals surface area contributed by atoms with Crippen molar-refractivity contribution in [1.29, 1.82) is 0 Å². The van der Waals surface area contributed by atoms with Crippen molar-refractivity contribution in [3.05, 3.63) is 35.0 Å². The van der Waals surface area contributed by atoms with E-state index in [0.717, 1.165) is 16.2 Å². The molecule has 4 N–H and O–H groups in total. The minimum atomic E-state index is -1.25. The summed E-state index contributed by atoms with van der Waals surface area (Å²) in [5.74, 6) is -3.00. The van der Waals surface area contributed by atoms with Gasteiger partial charge in [0, 0.05) is 11.1 Å². The zero-order chi connectivity index (χ0) is 23.4. The molecule has 2 aliphatic rings. The van der Waals surface area contributed by atoms with Crippen LogP contribution in [0.15, 0.2) is 34.5 Å². The Kier molecular flexibility index (Phi) is 7.15. The molecule has 0 bridgehead atoms. The molecule has 1 fully saturated rings. The van der Waals surface area contributed by atoms with Crippen LogP contribution in [0.25, 0.3) is 0 Å². The first kappa shape index (κ1) is 23.3. The van der Waals surface area contributed by atoms with E-state index >= 15 is 0 Å². The number of β-lactam (4-membered cyclic amide) rings is 1. The van der Waals surface area contributed by atoms with Gasteiger partial charge in [-0.2, -0.15) is 0 Å². The standard InChI is InChI=1S/C18H19N5O7S2/c1-3-8-6-31-16-12(15(26)23(16)13(8)17(27)28)21-14(25)11(9-7-32-18(19)20-9)22-30-5-10(24)29-4-2/h3,7,12,16H,1,4-6H2,2H3,(H2,19,20)(H,21,25)(H,27,28)/t12?,16-/m0/s1. The Balaban J connectivity index is 1.76. The SMILES string of the molecule is C=CC1=C(C(=O)O)N2C(=O)C(NC(=O)C(=NOCC(=O)OCC)c3csc(N)n3)[C@@H]2SC1. The van der Waals surface area contributed by atoms with E-state index in [0.29, 0.717) is 11.3 Å². The van der Waals surface area contributed by atoms with Crippen LogP contribution in [0, 0.1) is 0 Å². The lowest BCUT2D eigenvalue weighted by Crippen LogP contribution is -2.71. The minimum absolute atomic E-state index is 0.0915. The van der Waals surface area contributed by atoms with E-state index in [1.807, 2.05) is 0 Å². The van der Waals surface area contributed by atoms with Gasteiger partial charge >= 0.3 is 11.9 Å². The molecule has 0 aliphatic carbocycles. The van der Waals surface area contributed by atoms with Crippen LogP contribution in [0.2, 0.25) is 0 Å². The number of hydrogen-bond donors (Lipinski definition) is 3. The molecule has 1 aromatic rings. The molecule has 0 radical (unpaired) electrons. The lowest BCUT2D eigenvalue weighted by atomic mass is 10.0. The van der Waals surface area contributed by atoms with Crippen molar-refractivity contribution in [2.75, 3.05) is 24.7 Å². The third-order valence-electron chi connectivity index (χ3n) is 4.36. The van der Waals surface area contributed by atoms with Crippen LogP contribution in [0.5, 0.6) is 0 Å². The van der Waals surface area contributed by atoms with Gasteiger partial charge in [-0.25, -0.2) is 14.6 Å². The fourth-order valence-corrected chi connectivity index (χ4v) is 4.85. The van der Waals surface area contributed by atoms with Gasteiger partial charge in [-0.1, -0.05) is 17.8 Å². The lowest BCUT2D eigenvalue weighted by Gasteiger charge is -2.49. The molecular formula is C18H19N5O7S2. The van der Waals surface area contributed by atoms with Gasteiger partial charge in [0.2, 0.25) is 6.61 Å². The molecule has 1 aromatic heterocycles. The maximum Gasteiger partial charge on any atom is 0.352 e. The number of aromatic nitrogens is 1. The first-order valence-corrected chi connectivity index (χ1v) is 11.1. The third-order valence-corrected chi connectivity index (χ3v) is 6.33. The highest BCUT2D eigenvalue weighted by Crippen LogP contribution is 2.40. The average Bonchev–Trinajstić information content (AvgIpc) is 3.19. The van der Waals surface area contributed by atoms with Gasteiger partial charge in [0.15, 0.2) is 10.8 Å². The number of aliphatic carboxylic acids is 1. The number of carbonyl (C=O) groups excluding carboxylic acids is 3. The van der Waals surface area contributed by atoms with Gasteiger partial charge < -0.3 is 25.7 Å². The predicted molar refractivity (Wildman–Crippen MR) is 116 cm³/mol. The largest absolute Gasteiger partial charge is 0.477 e.